The highest BCUT2D eigenvalue weighted by atomic mass is 35.5. The molecule has 4 nitrogen and oxygen atoms in total. The van der Waals surface area contributed by atoms with Gasteiger partial charge < -0.3 is 9.47 Å². The predicted molar refractivity (Wildman–Crippen MR) is 79.7 cm³/mol. The van der Waals surface area contributed by atoms with E-state index >= 15 is 0 Å². The zero-order chi connectivity index (χ0) is 14.7. The number of methoxy groups -OCH3 is 2. The van der Waals surface area contributed by atoms with E-state index in [0.29, 0.717) is 22.5 Å². The van der Waals surface area contributed by atoms with Crippen molar-refractivity contribution < 1.29 is 9.47 Å². The molecule has 20 heavy (non-hydrogen) atoms. The Kier molecular flexibility index (Phi) is 4.45. The fourth-order valence-electron chi connectivity index (χ4n) is 1.98. The molecule has 1 aromatic carbocycles. The summed E-state index contributed by atoms with van der Waals surface area (Å²) < 4.78 is 10.5. The molecule has 1 heterocycles. The molecular formula is C15H17ClN2O2. The average molecular weight is 293 g/mol. The number of rotatable bonds is 4. The van der Waals surface area contributed by atoms with Crippen molar-refractivity contribution in [1.29, 1.82) is 0 Å². The molecule has 0 amide bonds. The SMILES string of the molecule is CCc1nc(-c2ccc(OC)c(OC)c2)nc(Cl)c1C. The topological polar surface area (TPSA) is 44.2 Å². The molecule has 2 rings (SSSR count). The van der Waals surface area contributed by atoms with Crippen LogP contribution < -0.4 is 9.47 Å². The van der Waals surface area contributed by atoms with Gasteiger partial charge in [0, 0.05) is 16.8 Å². The van der Waals surface area contributed by atoms with Gasteiger partial charge in [-0.1, -0.05) is 18.5 Å². The van der Waals surface area contributed by atoms with Gasteiger partial charge >= 0.3 is 0 Å². The third-order valence-corrected chi connectivity index (χ3v) is 3.53. The number of aryl methyl sites for hydroxylation is 1. The quantitative estimate of drug-likeness (QED) is 0.806. The Morgan fingerprint density at radius 2 is 1.80 bits per heavy atom. The molecule has 0 N–H and O–H groups in total. The summed E-state index contributed by atoms with van der Waals surface area (Å²) in [5.41, 5.74) is 2.73. The molecule has 0 spiro atoms. The van der Waals surface area contributed by atoms with Gasteiger partial charge in [0.15, 0.2) is 17.3 Å². The van der Waals surface area contributed by atoms with Gasteiger partial charge in [0.1, 0.15) is 5.15 Å². The standard InChI is InChI=1S/C15H17ClN2O2/c1-5-11-9(2)14(16)18-15(17-11)10-6-7-12(19-3)13(8-10)20-4/h6-8H,5H2,1-4H3. The number of nitrogens with zero attached hydrogens (tertiary/aromatic N) is 2. The molecule has 1 aromatic heterocycles. The average Bonchev–Trinajstić information content (AvgIpc) is 2.49. The molecule has 0 bridgehead atoms. The minimum Gasteiger partial charge on any atom is -0.493 e. The lowest BCUT2D eigenvalue weighted by atomic mass is 10.1. The Morgan fingerprint density at radius 1 is 1.10 bits per heavy atom. The van der Waals surface area contributed by atoms with E-state index in [1.165, 1.54) is 0 Å². The van der Waals surface area contributed by atoms with Crippen molar-refractivity contribution in [3.8, 4) is 22.9 Å². The van der Waals surface area contributed by atoms with Gasteiger partial charge in [-0.15, -0.1) is 0 Å². The van der Waals surface area contributed by atoms with Crippen molar-refractivity contribution in [1.82, 2.24) is 9.97 Å². The van der Waals surface area contributed by atoms with Crippen LogP contribution in [0.1, 0.15) is 18.2 Å². The van der Waals surface area contributed by atoms with Crippen LogP contribution in [0.2, 0.25) is 5.15 Å². The molecule has 0 atom stereocenters. The lowest BCUT2D eigenvalue weighted by Crippen LogP contribution is -2.00. The molecule has 0 fully saturated rings. The maximum atomic E-state index is 6.17. The van der Waals surface area contributed by atoms with Crippen LogP contribution >= 0.6 is 11.6 Å². The Morgan fingerprint density at radius 3 is 2.40 bits per heavy atom. The highest BCUT2D eigenvalue weighted by Gasteiger charge is 2.12. The minimum absolute atomic E-state index is 0.488. The van der Waals surface area contributed by atoms with Gasteiger partial charge in [-0.2, -0.15) is 0 Å². The number of halogens is 1. The fraction of sp³-hybridized carbons (Fsp3) is 0.333. The third kappa shape index (κ3) is 2.70. The van der Waals surface area contributed by atoms with Crippen molar-refractivity contribution in [3.05, 3.63) is 34.6 Å². The Labute approximate surface area is 123 Å². The predicted octanol–water partition coefficient (Wildman–Crippen LogP) is 3.69. The third-order valence-electron chi connectivity index (χ3n) is 3.16. The fourth-order valence-corrected chi connectivity index (χ4v) is 2.17. The second kappa shape index (κ2) is 6.09. The largest absolute Gasteiger partial charge is 0.493 e. The zero-order valence-corrected chi connectivity index (χ0v) is 12.8. The molecular weight excluding hydrogens is 276 g/mol. The van der Waals surface area contributed by atoms with Crippen LogP contribution in [0.15, 0.2) is 18.2 Å². The van der Waals surface area contributed by atoms with Crippen LogP contribution in [-0.2, 0) is 6.42 Å². The van der Waals surface area contributed by atoms with Gasteiger partial charge in [0.25, 0.3) is 0 Å². The molecule has 0 aliphatic heterocycles. The zero-order valence-electron chi connectivity index (χ0n) is 12.0. The van der Waals surface area contributed by atoms with Crippen LogP contribution in [-0.4, -0.2) is 24.2 Å². The summed E-state index contributed by atoms with van der Waals surface area (Å²) >= 11 is 6.17. The van der Waals surface area contributed by atoms with E-state index in [-0.39, 0.29) is 0 Å². The Balaban J connectivity index is 2.54. The van der Waals surface area contributed by atoms with E-state index in [9.17, 15) is 0 Å². The lowest BCUT2D eigenvalue weighted by molar-refractivity contribution is 0.355. The second-order valence-electron chi connectivity index (χ2n) is 4.33. The second-order valence-corrected chi connectivity index (χ2v) is 4.69. The highest BCUT2D eigenvalue weighted by Crippen LogP contribution is 2.32. The first-order valence-corrected chi connectivity index (χ1v) is 6.73. The van der Waals surface area contributed by atoms with E-state index < -0.39 is 0 Å². The number of ether oxygens (including phenoxy) is 2. The molecule has 106 valence electrons. The van der Waals surface area contributed by atoms with E-state index in [1.54, 1.807) is 14.2 Å². The summed E-state index contributed by atoms with van der Waals surface area (Å²) in [6.45, 7) is 3.98. The van der Waals surface area contributed by atoms with Crippen LogP contribution in [0.3, 0.4) is 0 Å². The Bertz CT molecular complexity index is 630. The van der Waals surface area contributed by atoms with Crippen molar-refractivity contribution >= 4 is 11.6 Å². The van der Waals surface area contributed by atoms with Crippen LogP contribution in [0, 0.1) is 6.92 Å². The van der Waals surface area contributed by atoms with Gasteiger partial charge in [-0.05, 0) is 31.5 Å². The molecule has 0 aliphatic carbocycles. The van der Waals surface area contributed by atoms with Gasteiger partial charge in [-0.3, -0.25) is 0 Å². The first-order chi connectivity index (χ1) is 9.60. The summed E-state index contributed by atoms with van der Waals surface area (Å²) in [5.74, 6) is 1.91. The highest BCUT2D eigenvalue weighted by molar-refractivity contribution is 6.30. The van der Waals surface area contributed by atoms with Gasteiger partial charge in [0.2, 0.25) is 0 Å². The van der Waals surface area contributed by atoms with Gasteiger partial charge in [0.05, 0.1) is 14.2 Å². The maximum Gasteiger partial charge on any atom is 0.161 e. The lowest BCUT2D eigenvalue weighted by Gasteiger charge is -2.11. The summed E-state index contributed by atoms with van der Waals surface area (Å²) in [6.07, 6.45) is 0.814. The van der Waals surface area contributed by atoms with E-state index in [1.807, 2.05) is 32.0 Å². The molecule has 5 heteroatoms. The van der Waals surface area contributed by atoms with Crippen molar-refractivity contribution in [2.45, 2.75) is 20.3 Å². The number of hydrogen-bond acceptors (Lipinski definition) is 4. The normalized spacial score (nSPS) is 10.4. The molecule has 0 saturated heterocycles. The Hall–Kier alpha value is -1.81. The smallest absolute Gasteiger partial charge is 0.161 e. The van der Waals surface area contributed by atoms with Crippen LogP contribution in [0.25, 0.3) is 11.4 Å². The monoisotopic (exact) mass is 292 g/mol. The summed E-state index contributed by atoms with van der Waals surface area (Å²) in [7, 11) is 3.20. The summed E-state index contributed by atoms with van der Waals surface area (Å²) in [4.78, 5) is 8.90. The van der Waals surface area contributed by atoms with Crippen molar-refractivity contribution in [3.63, 3.8) is 0 Å². The van der Waals surface area contributed by atoms with E-state index in [0.717, 1.165) is 23.2 Å². The first-order valence-electron chi connectivity index (χ1n) is 6.36. The molecule has 2 aromatic rings. The molecule has 0 aliphatic rings. The van der Waals surface area contributed by atoms with E-state index in [4.69, 9.17) is 21.1 Å². The number of hydrogen-bond donors (Lipinski definition) is 0. The summed E-state index contributed by atoms with van der Waals surface area (Å²) in [5, 5.41) is 0.488. The van der Waals surface area contributed by atoms with Crippen LogP contribution in [0.4, 0.5) is 0 Å². The maximum absolute atomic E-state index is 6.17. The molecule has 0 unspecified atom stereocenters. The van der Waals surface area contributed by atoms with Crippen molar-refractivity contribution in [2.75, 3.05) is 14.2 Å². The molecule has 0 radical (unpaired) electrons. The van der Waals surface area contributed by atoms with E-state index in [2.05, 4.69) is 9.97 Å². The molecule has 0 saturated carbocycles. The summed E-state index contributed by atoms with van der Waals surface area (Å²) in [6, 6.07) is 5.57. The first kappa shape index (κ1) is 14.6. The minimum atomic E-state index is 0.488. The number of aromatic nitrogens is 2. The van der Waals surface area contributed by atoms with Crippen molar-refractivity contribution in [2.24, 2.45) is 0 Å². The van der Waals surface area contributed by atoms with Gasteiger partial charge in [-0.25, -0.2) is 9.97 Å². The number of benzene rings is 1. The van der Waals surface area contributed by atoms with Crippen LogP contribution in [0.5, 0.6) is 11.5 Å².